The third kappa shape index (κ3) is 12.7. The first-order valence-corrected chi connectivity index (χ1v) is 17.0. The summed E-state index contributed by atoms with van der Waals surface area (Å²) in [6.45, 7) is 7.03. The van der Waals surface area contributed by atoms with Crippen molar-refractivity contribution in [3.05, 3.63) is 83.7 Å². The molecule has 0 bridgehead atoms. The lowest BCUT2D eigenvalue weighted by atomic mass is 10.0. The van der Waals surface area contributed by atoms with Gasteiger partial charge in [0.25, 0.3) is 0 Å². The van der Waals surface area contributed by atoms with Gasteiger partial charge in [0.1, 0.15) is 11.9 Å². The predicted octanol–water partition coefficient (Wildman–Crippen LogP) is 11.1. The molecule has 0 amide bonds. The van der Waals surface area contributed by atoms with Crippen LogP contribution in [0.15, 0.2) is 66.7 Å². The number of ether oxygens (including phenoxy) is 3. The van der Waals surface area contributed by atoms with Crippen LogP contribution in [0, 0.1) is 5.82 Å². The molecule has 0 N–H and O–H groups in total. The smallest absolute Gasteiger partial charge is 0.343 e. The van der Waals surface area contributed by atoms with Crippen LogP contribution in [0.4, 0.5) is 4.39 Å². The van der Waals surface area contributed by atoms with Crippen molar-refractivity contribution in [1.29, 1.82) is 0 Å². The number of unbranched alkanes of at least 4 members (excludes halogenated alkanes) is 9. The average molecular weight is 619 g/mol. The Hall–Kier alpha value is -3.67. The van der Waals surface area contributed by atoms with Gasteiger partial charge in [-0.25, -0.2) is 14.0 Å². The minimum absolute atomic E-state index is 0.0871. The summed E-state index contributed by atoms with van der Waals surface area (Å²) >= 11 is 0. The Labute approximate surface area is 269 Å². The fraction of sp³-hybridized carbons (Fsp3) is 0.487. The van der Waals surface area contributed by atoms with Crippen molar-refractivity contribution in [2.24, 2.45) is 0 Å². The van der Waals surface area contributed by atoms with E-state index in [0.717, 1.165) is 61.7 Å². The number of halogens is 1. The van der Waals surface area contributed by atoms with Crippen molar-refractivity contribution >= 4 is 11.9 Å². The van der Waals surface area contributed by atoms with Gasteiger partial charge >= 0.3 is 11.9 Å². The predicted molar refractivity (Wildman–Crippen MR) is 180 cm³/mol. The van der Waals surface area contributed by atoms with Gasteiger partial charge in [0.2, 0.25) is 0 Å². The number of benzene rings is 3. The molecule has 0 fully saturated rings. The normalized spacial score (nSPS) is 11.0. The minimum Gasteiger partial charge on any atom is -0.494 e. The van der Waals surface area contributed by atoms with E-state index < -0.39 is 17.8 Å². The molecule has 0 aliphatic carbocycles. The van der Waals surface area contributed by atoms with Crippen molar-refractivity contribution < 1.29 is 28.2 Å². The van der Waals surface area contributed by atoms with E-state index in [1.165, 1.54) is 69.9 Å². The molecule has 0 atom stereocenters. The van der Waals surface area contributed by atoms with Gasteiger partial charge in [0.05, 0.1) is 17.7 Å². The zero-order valence-electron chi connectivity index (χ0n) is 27.5. The largest absolute Gasteiger partial charge is 0.494 e. The summed E-state index contributed by atoms with van der Waals surface area (Å²) in [4.78, 5) is 25.2. The summed E-state index contributed by atoms with van der Waals surface area (Å²) < 4.78 is 31.5. The van der Waals surface area contributed by atoms with Gasteiger partial charge in [-0.15, -0.1) is 0 Å². The van der Waals surface area contributed by atoms with Crippen molar-refractivity contribution in [3.8, 4) is 22.6 Å². The molecular weight excluding hydrogens is 567 g/mol. The molecule has 0 spiro atoms. The second kappa shape index (κ2) is 20.4. The topological polar surface area (TPSA) is 61.8 Å². The highest BCUT2D eigenvalue weighted by Gasteiger charge is 2.18. The Morgan fingerprint density at radius 1 is 0.622 bits per heavy atom. The zero-order chi connectivity index (χ0) is 32.3. The summed E-state index contributed by atoms with van der Waals surface area (Å²) in [5, 5.41) is 0. The molecular formula is C39H51FO5. The number of carbonyl (C=O) groups excluding carboxylic acids is 2. The molecule has 0 aromatic heterocycles. The van der Waals surface area contributed by atoms with E-state index in [-0.39, 0.29) is 17.4 Å². The van der Waals surface area contributed by atoms with Crippen LogP contribution in [0.25, 0.3) is 11.1 Å². The fourth-order valence-electron chi connectivity index (χ4n) is 5.32. The lowest BCUT2D eigenvalue weighted by Crippen LogP contribution is -2.18. The Bertz CT molecular complexity index is 1280. The molecule has 3 rings (SSSR count). The Kier molecular flexibility index (Phi) is 16.2. The number of carbonyl (C=O) groups is 2. The van der Waals surface area contributed by atoms with Gasteiger partial charge in [-0.2, -0.15) is 0 Å². The maximum atomic E-state index is 14.7. The van der Waals surface area contributed by atoms with E-state index in [1.54, 1.807) is 12.1 Å². The van der Waals surface area contributed by atoms with Crippen LogP contribution in [0.2, 0.25) is 0 Å². The molecule has 0 saturated heterocycles. The first-order chi connectivity index (χ1) is 21.9. The molecule has 5 nitrogen and oxygen atoms in total. The second-order valence-electron chi connectivity index (χ2n) is 11.8. The maximum Gasteiger partial charge on any atom is 0.343 e. The zero-order valence-corrected chi connectivity index (χ0v) is 27.5. The van der Waals surface area contributed by atoms with Gasteiger partial charge in [-0.3, -0.25) is 0 Å². The number of rotatable bonds is 21. The van der Waals surface area contributed by atoms with E-state index in [2.05, 4.69) is 6.92 Å². The average Bonchev–Trinajstić information content (AvgIpc) is 3.05. The van der Waals surface area contributed by atoms with Crippen LogP contribution in [0.3, 0.4) is 0 Å². The van der Waals surface area contributed by atoms with Crippen LogP contribution >= 0.6 is 0 Å². The van der Waals surface area contributed by atoms with E-state index in [1.807, 2.05) is 50.2 Å². The molecule has 3 aromatic rings. The van der Waals surface area contributed by atoms with Crippen LogP contribution in [-0.2, 0) is 4.74 Å². The SMILES string of the molecule is CCCCCCCCCCCCOc1ccc(-c2ccc(C(=O)Oc3ccc(C(=O)OC(CCC)CCC)cc3F)cc2)cc1. The monoisotopic (exact) mass is 618 g/mol. The summed E-state index contributed by atoms with van der Waals surface area (Å²) in [6.07, 6.45) is 16.1. The summed E-state index contributed by atoms with van der Waals surface area (Å²) in [5.74, 6) is -1.46. The molecule has 0 unspecified atom stereocenters. The van der Waals surface area contributed by atoms with Crippen molar-refractivity contribution in [2.45, 2.75) is 117 Å². The molecule has 0 aliphatic rings. The number of esters is 2. The summed E-state index contributed by atoms with van der Waals surface area (Å²) in [5.41, 5.74) is 2.31. The van der Waals surface area contributed by atoms with Gasteiger partial charge in [-0.1, -0.05) is 116 Å². The molecule has 244 valence electrons. The van der Waals surface area contributed by atoms with Gasteiger partial charge in [0, 0.05) is 0 Å². The quantitative estimate of drug-likeness (QED) is 0.0675. The van der Waals surface area contributed by atoms with Crippen LogP contribution < -0.4 is 9.47 Å². The van der Waals surface area contributed by atoms with Crippen molar-refractivity contribution in [3.63, 3.8) is 0 Å². The Morgan fingerprint density at radius 2 is 1.16 bits per heavy atom. The van der Waals surface area contributed by atoms with Gasteiger partial charge in [-0.05, 0) is 72.9 Å². The third-order valence-corrected chi connectivity index (χ3v) is 7.94. The van der Waals surface area contributed by atoms with E-state index in [0.29, 0.717) is 5.56 Å². The van der Waals surface area contributed by atoms with Crippen LogP contribution in [0.5, 0.6) is 11.5 Å². The lowest BCUT2D eigenvalue weighted by molar-refractivity contribution is 0.0258. The van der Waals surface area contributed by atoms with E-state index in [4.69, 9.17) is 14.2 Å². The second-order valence-corrected chi connectivity index (χ2v) is 11.8. The molecule has 0 saturated carbocycles. The van der Waals surface area contributed by atoms with Crippen LogP contribution in [0.1, 0.15) is 131 Å². The highest BCUT2D eigenvalue weighted by Crippen LogP contribution is 2.25. The third-order valence-electron chi connectivity index (χ3n) is 7.94. The van der Waals surface area contributed by atoms with Crippen molar-refractivity contribution in [2.75, 3.05) is 6.61 Å². The lowest BCUT2D eigenvalue weighted by Gasteiger charge is -2.16. The molecule has 45 heavy (non-hydrogen) atoms. The van der Waals surface area contributed by atoms with Gasteiger partial charge in [0.15, 0.2) is 11.6 Å². The molecule has 3 aromatic carbocycles. The van der Waals surface area contributed by atoms with Crippen LogP contribution in [-0.4, -0.2) is 24.6 Å². The molecule has 6 heteroatoms. The van der Waals surface area contributed by atoms with E-state index >= 15 is 0 Å². The fourth-order valence-corrected chi connectivity index (χ4v) is 5.32. The minimum atomic E-state index is -0.799. The standard InChI is InChI=1S/C39H51FO5/c1-4-7-8-9-10-11-12-13-14-15-28-43-34-25-22-31(23-26-34)30-18-20-32(21-19-30)38(41)45-37-27-24-33(29-36(37)40)39(42)44-35(16-5-2)17-6-3/h18-27,29,35H,4-17,28H2,1-3H3. The molecule has 0 aliphatic heterocycles. The summed E-state index contributed by atoms with van der Waals surface area (Å²) in [7, 11) is 0. The Balaban J connectivity index is 1.43. The highest BCUT2D eigenvalue weighted by molar-refractivity contribution is 5.92. The number of hydrogen-bond acceptors (Lipinski definition) is 5. The molecule has 0 radical (unpaired) electrons. The summed E-state index contributed by atoms with van der Waals surface area (Å²) in [6, 6.07) is 18.6. The molecule has 0 heterocycles. The first kappa shape index (κ1) is 35.8. The number of hydrogen-bond donors (Lipinski definition) is 0. The Morgan fingerprint density at radius 3 is 1.71 bits per heavy atom. The maximum absolute atomic E-state index is 14.7. The highest BCUT2D eigenvalue weighted by atomic mass is 19.1. The van der Waals surface area contributed by atoms with Crippen molar-refractivity contribution in [1.82, 2.24) is 0 Å². The van der Waals surface area contributed by atoms with E-state index in [9.17, 15) is 14.0 Å². The first-order valence-electron chi connectivity index (χ1n) is 17.0. The van der Waals surface area contributed by atoms with Gasteiger partial charge < -0.3 is 14.2 Å².